The second kappa shape index (κ2) is 6.40. The highest BCUT2D eigenvalue weighted by Crippen LogP contribution is 2.09. The van der Waals surface area contributed by atoms with Crippen molar-refractivity contribution in [3.63, 3.8) is 0 Å². The maximum absolute atomic E-state index is 11.3. The summed E-state index contributed by atoms with van der Waals surface area (Å²) in [5.74, 6) is -1.75. The fourth-order valence-corrected chi connectivity index (χ4v) is 1.14. The van der Waals surface area contributed by atoms with Crippen molar-refractivity contribution in [2.45, 2.75) is 33.2 Å². The van der Waals surface area contributed by atoms with Gasteiger partial charge in [-0.3, -0.25) is 9.59 Å². The van der Waals surface area contributed by atoms with Crippen LogP contribution in [-0.2, 0) is 9.59 Å². The maximum atomic E-state index is 11.3. The molecule has 0 aromatic carbocycles. The molecule has 0 heterocycles. The van der Waals surface area contributed by atoms with Crippen molar-refractivity contribution < 1.29 is 14.7 Å². The van der Waals surface area contributed by atoms with Crippen LogP contribution in [0.1, 0.15) is 27.2 Å². The molecule has 0 radical (unpaired) electrons. The first-order valence-corrected chi connectivity index (χ1v) is 5.16. The molecule has 0 aromatic rings. The zero-order chi connectivity index (χ0) is 12.0. The first-order valence-electron chi connectivity index (χ1n) is 5.16. The fourth-order valence-electron chi connectivity index (χ4n) is 1.14. The van der Waals surface area contributed by atoms with E-state index in [1.807, 2.05) is 13.8 Å². The zero-order valence-electron chi connectivity index (χ0n) is 9.49. The van der Waals surface area contributed by atoms with E-state index in [-0.39, 0.29) is 18.4 Å². The number of nitrogens with one attached hydrogen (secondary N) is 1. The van der Waals surface area contributed by atoms with Crippen LogP contribution in [0.2, 0.25) is 0 Å². The third kappa shape index (κ3) is 4.78. The Hall–Kier alpha value is -1.10. The molecule has 0 spiro atoms. The molecule has 0 fully saturated rings. The molecular weight excluding hydrogens is 196 g/mol. The number of carbonyl (C=O) groups excluding carboxylic acids is 1. The van der Waals surface area contributed by atoms with Gasteiger partial charge in [0.25, 0.3) is 0 Å². The summed E-state index contributed by atoms with van der Waals surface area (Å²) in [6.45, 7) is 5.57. The predicted molar refractivity (Wildman–Crippen MR) is 57.2 cm³/mol. The molecule has 1 amide bonds. The van der Waals surface area contributed by atoms with Crippen molar-refractivity contribution in [3.05, 3.63) is 0 Å². The average molecular weight is 216 g/mol. The van der Waals surface area contributed by atoms with Crippen molar-refractivity contribution in [1.29, 1.82) is 0 Å². The lowest BCUT2D eigenvalue weighted by atomic mass is 9.96. The van der Waals surface area contributed by atoms with Crippen LogP contribution in [0.15, 0.2) is 0 Å². The second-order valence-electron chi connectivity index (χ2n) is 3.95. The van der Waals surface area contributed by atoms with Crippen LogP contribution in [0.3, 0.4) is 0 Å². The van der Waals surface area contributed by atoms with Crippen LogP contribution >= 0.6 is 0 Å². The lowest BCUT2D eigenvalue weighted by Gasteiger charge is -2.18. The number of amides is 1. The van der Waals surface area contributed by atoms with Crippen molar-refractivity contribution in [2.24, 2.45) is 17.6 Å². The lowest BCUT2D eigenvalue weighted by Crippen LogP contribution is -2.44. The van der Waals surface area contributed by atoms with Crippen LogP contribution < -0.4 is 11.1 Å². The number of carbonyl (C=O) groups is 2. The molecule has 88 valence electrons. The molecule has 0 saturated carbocycles. The summed E-state index contributed by atoms with van der Waals surface area (Å²) in [5, 5.41) is 11.4. The normalized spacial score (nSPS) is 14.7. The number of carboxylic acids is 1. The van der Waals surface area contributed by atoms with Gasteiger partial charge >= 0.3 is 5.97 Å². The molecule has 5 heteroatoms. The van der Waals surface area contributed by atoms with Gasteiger partial charge in [-0.1, -0.05) is 20.8 Å². The predicted octanol–water partition coefficient (Wildman–Crippen LogP) is 0.197. The van der Waals surface area contributed by atoms with Gasteiger partial charge in [-0.15, -0.1) is 0 Å². The van der Waals surface area contributed by atoms with Gasteiger partial charge in [-0.05, 0) is 12.3 Å². The Balaban J connectivity index is 4.11. The highest BCUT2D eigenvalue weighted by molar-refractivity contribution is 5.82. The Morgan fingerprint density at radius 3 is 2.27 bits per heavy atom. The molecule has 2 atom stereocenters. The van der Waals surface area contributed by atoms with E-state index in [1.165, 1.54) is 0 Å². The minimum atomic E-state index is -0.893. The highest BCUT2D eigenvalue weighted by Gasteiger charge is 2.22. The summed E-state index contributed by atoms with van der Waals surface area (Å²) in [7, 11) is 0. The molecule has 4 N–H and O–H groups in total. The summed E-state index contributed by atoms with van der Waals surface area (Å²) < 4.78 is 0. The molecule has 0 aliphatic rings. The molecule has 5 nitrogen and oxygen atoms in total. The van der Waals surface area contributed by atoms with E-state index < -0.39 is 17.9 Å². The van der Waals surface area contributed by atoms with Gasteiger partial charge in [0.15, 0.2) is 0 Å². The summed E-state index contributed by atoms with van der Waals surface area (Å²) in [6.07, 6.45) is 0.547. The molecule has 0 aliphatic heterocycles. The van der Waals surface area contributed by atoms with E-state index in [2.05, 4.69) is 5.32 Å². The van der Waals surface area contributed by atoms with Gasteiger partial charge in [0.1, 0.15) is 0 Å². The van der Waals surface area contributed by atoms with E-state index in [0.717, 1.165) is 0 Å². The summed E-state index contributed by atoms with van der Waals surface area (Å²) in [5.41, 5.74) is 5.50. The number of hydrogen-bond donors (Lipinski definition) is 3. The van der Waals surface area contributed by atoms with Gasteiger partial charge in [0.2, 0.25) is 5.91 Å². The molecule has 15 heavy (non-hydrogen) atoms. The Kier molecular flexibility index (Phi) is 5.93. The van der Waals surface area contributed by atoms with Crippen LogP contribution in [0.25, 0.3) is 0 Å². The van der Waals surface area contributed by atoms with Crippen LogP contribution in [-0.4, -0.2) is 29.6 Å². The quantitative estimate of drug-likeness (QED) is 0.591. The highest BCUT2D eigenvalue weighted by atomic mass is 16.4. The van der Waals surface area contributed by atoms with E-state index in [1.54, 1.807) is 6.92 Å². The fraction of sp³-hybridized carbons (Fsp3) is 0.800. The monoisotopic (exact) mass is 216 g/mol. The number of carboxylic acid groups (broad SMARTS) is 1. The standard InChI is InChI=1S/C10H20N2O3/c1-4-8(11)9(13)12-5-7(6(2)3)10(14)15/h6-8H,4-5,11H2,1-3H3,(H,12,13)(H,14,15). The minimum Gasteiger partial charge on any atom is -0.481 e. The van der Waals surface area contributed by atoms with Gasteiger partial charge in [0.05, 0.1) is 12.0 Å². The Morgan fingerprint density at radius 1 is 1.40 bits per heavy atom. The molecule has 2 unspecified atom stereocenters. The van der Waals surface area contributed by atoms with Crippen molar-refractivity contribution >= 4 is 11.9 Å². The largest absolute Gasteiger partial charge is 0.481 e. The topological polar surface area (TPSA) is 92.4 Å². The number of rotatable bonds is 6. The van der Waals surface area contributed by atoms with Crippen LogP contribution in [0.5, 0.6) is 0 Å². The van der Waals surface area contributed by atoms with Crippen molar-refractivity contribution in [2.75, 3.05) is 6.54 Å². The molecule has 0 bridgehead atoms. The van der Waals surface area contributed by atoms with Crippen molar-refractivity contribution in [1.82, 2.24) is 5.32 Å². The number of nitrogens with two attached hydrogens (primary N) is 1. The van der Waals surface area contributed by atoms with Gasteiger partial charge in [-0.2, -0.15) is 0 Å². The second-order valence-corrected chi connectivity index (χ2v) is 3.95. The van der Waals surface area contributed by atoms with Gasteiger partial charge < -0.3 is 16.2 Å². The van der Waals surface area contributed by atoms with E-state index in [9.17, 15) is 9.59 Å². The molecule has 0 aromatic heterocycles. The minimum absolute atomic E-state index is 0.0133. The molecule has 0 rings (SSSR count). The van der Waals surface area contributed by atoms with E-state index in [0.29, 0.717) is 6.42 Å². The lowest BCUT2D eigenvalue weighted by molar-refractivity contribution is -0.143. The Labute approximate surface area is 90.0 Å². The average Bonchev–Trinajstić information content (AvgIpc) is 2.15. The van der Waals surface area contributed by atoms with Gasteiger partial charge in [-0.25, -0.2) is 0 Å². The smallest absolute Gasteiger partial charge is 0.308 e. The summed E-state index contributed by atoms with van der Waals surface area (Å²) in [6, 6.07) is -0.549. The maximum Gasteiger partial charge on any atom is 0.308 e. The van der Waals surface area contributed by atoms with Gasteiger partial charge in [0, 0.05) is 6.54 Å². The van der Waals surface area contributed by atoms with E-state index >= 15 is 0 Å². The Morgan fingerprint density at radius 2 is 1.93 bits per heavy atom. The first-order chi connectivity index (χ1) is 6.90. The number of hydrogen-bond acceptors (Lipinski definition) is 3. The summed E-state index contributed by atoms with van der Waals surface area (Å²) in [4.78, 5) is 22.1. The molecule has 0 aliphatic carbocycles. The van der Waals surface area contributed by atoms with Crippen LogP contribution in [0, 0.1) is 11.8 Å². The van der Waals surface area contributed by atoms with Crippen molar-refractivity contribution in [3.8, 4) is 0 Å². The summed E-state index contributed by atoms with van der Waals surface area (Å²) >= 11 is 0. The molecular formula is C10H20N2O3. The Bertz CT molecular complexity index is 229. The third-order valence-electron chi connectivity index (χ3n) is 2.39. The molecule has 0 saturated heterocycles. The number of aliphatic carboxylic acids is 1. The first kappa shape index (κ1) is 13.9. The van der Waals surface area contributed by atoms with E-state index in [4.69, 9.17) is 10.8 Å². The zero-order valence-corrected chi connectivity index (χ0v) is 9.49. The van der Waals surface area contributed by atoms with Crippen LogP contribution in [0.4, 0.5) is 0 Å². The SMILES string of the molecule is CCC(N)C(=O)NCC(C(=O)O)C(C)C. The third-order valence-corrected chi connectivity index (χ3v) is 2.39.